The van der Waals surface area contributed by atoms with Gasteiger partial charge in [0.15, 0.2) is 0 Å². The van der Waals surface area contributed by atoms with Gasteiger partial charge in [0.2, 0.25) is 0 Å². The minimum atomic E-state index is -1.09. The molecule has 11 heavy (non-hydrogen) atoms. The Balaban J connectivity index is 2.63. The maximum atomic E-state index is 9.21. The Labute approximate surface area is 65.4 Å². The molecule has 1 fully saturated rings. The van der Waals surface area contributed by atoms with E-state index >= 15 is 0 Å². The highest BCUT2D eigenvalue weighted by molar-refractivity contribution is 4.88. The maximum Gasteiger partial charge on any atom is 0.111 e. The molecule has 0 aromatic rings. The molecule has 5 atom stereocenters. The quantitative estimate of drug-likeness (QED) is 0.422. The fourth-order valence-corrected chi connectivity index (χ4v) is 1.26. The monoisotopic (exact) mass is 162 g/mol. The molecule has 66 valence electrons. The Kier molecular flexibility index (Phi) is 2.49. The molecule has 0 spiro atoms. The van der Waals surface area contributed by atoms with Crippen molar-refractivity contribution in [2.45, 2.75) is 44.4 Å². The first kappa shape index (κ1) is 8.93. The number of aliphatic hydroxyl groups is 3. The highest BCUT2D eigenvalue weighted by Gasteiger charge is 2.39. The first-order valence-electron chi connectivity index (χ1n) is 3.73. The summed E-state index contributed by atoms with van der Waals surface area (Å²) >= 11 is 0. The molecule has 0 radical (unpaired) electrons. The van der Waals surface area contributed by atoms with Crippen molar-refractivity contribution in [3.05, 3.63) is 0 Å². The van der Waals surface area contributed by atoms with Crippen molar-refractivity contribution >= 4 is 0 Å². The van der Waals surface area contributed by atoms with Crippen molar-refractivity contribution in [3.8, 4) is 0 Å². The average Bonchev–Trinajstić information content (AvgIpc) is 1.97. The maximum absolute atomic E-state index is 9.21. The van der Waals surface area contributed by atoms with Gasteiger partial charge in [-0.15, -0.1) is 0 Å². The van der Waals surface area contributed by atoms with Gasteiger partial charge < -0.3 is 20.1 Å². The van der Waals surface area contributed by atoms with E-state index in [0.29, 0.717) is 0 Å². The summed E-state index contributed by atoms with van der Waals surface area (Å²) in [6.07, 6.45) is -3.89. The van der Waals surface area contributed by atoms with Crippen LogP contribution in [0.2, 0.25) is 0 Å². The first-order chi connectivity index (χ1) is 5.04. The zero-order valence-electron chi connectivity index (χ0n) is 6.64. The third-order valence-electron chi connectivity index (χ3n) is 2.09. The van der Waals surface area contributed by atoms with Crippen LogP contribution in [0.25, 0.3) is 0 Å². The molecule has 3 N–H and O–H groups in total. The summed E-state index contributed by atoms with van der Waals surface area (Å²) in [6, 6.07) is 0. The molecule has 1 heterocycles. The fraction of sp³-hybridized carbons (Fsp3) is 1.00. The van der Waals surface area contributed by atoms with Gasteiger partial charge in [-0.2, -0.15) is 0 Å². The van der Waals surface area contributed by atoms with Crippen LogP contribution in [0.1, 0.15) is 13.8 Å². The van der Waals surface area contributed by atoms with E-state index in [1.54, 1.807) is 13.8 Å². The third-order valence-corrected chi connectivity index (χ3v) is 2.09. The molecule has 0 aliphatic carbocycles. The van der Waals surface area contributed by atoms with Crippen LogP contribution in [0.5, 0.6) is 0 Å². The molecule has 1 rings (SSSR count). The normalized spacial score (nSPS) is 52.6. The summed E-state index contributed by atoms with van der Waals surface area (Å²) in [5, 5.41) is 27.6. The Morgan fingerprint density at radius 2 is 1.18 bits per heavy atom. The molecule has 0 aromatic carbocycles. The molecule has 0 bridgehead atoms. The van der Waals surface area contributed by atoms with Gasteiger partial charge in [-0.25, -0.2) is 0 Å². The Morgan fingerprint density at radius 3 is 1.55 bits per heavy atom. The summed E-state index contributed by atoms with van der Waals surface area (Å²) in [5.74, 6) is 0. The van der Waals surface area contributed by atoms with E-state index in [9.17, 15) is 15.3 Å². The van der Waals surface area contributed by atoms with Crippen LogP contribution in [-0.4, -0.2) is 45.8 Å². The van der Waals surface area contributed by atoms with Gasteiger partial charge in [0.05, 0.1) is 12.2 Å². The fourth-order valence-electron chi connectivity index (χ4n) is 1.26. The van der Waals surface area contributed by atoms with E-state index < -0.39 is 30.5 Å². The second kappa shape index (κ2) is 3.06. The highest BCUT2D eigenvalue weighted by atomic mass is 16.5. The molecule has 4 nitrogen and oxygen atoms in total. The van der Waals surface area contributed by atoms with Gasteiger partial charge in [-0.3, -0.25) is 0 Å². The molecule has 1 aliphatic rings. The van der Waals surface area contributed by atoms with Crippen molar-refractivity contribution in [2.75, 3.05) is 0 Å². The lowest BCUT2D eigenvalue weighted by atomic mass is 9.97. The van der Waals surface area contributed by atoms with Gasteiger partial charge >= 0.3 is 0 Å². The first-order valence-corrected chi connectivity index (χ1v) is 3.73. The molecule has 1 saturated heterocycles. The Hall–Kier alpha value is -0.160. The average molecular weight is 162 g/mol. The predicted molar refractivity (Wildman–Crippen MR) is 38.0 cm³/mol. The van der Waals surface area contributed by atoms with E-state index in [0.717, 1.165) is 0 Å². The van der Waals surface area contributed by atoms with Crippen molar-refractivity contribution < 1.29 is 20.1 Å². The second-order valence-corrected chi connectivity index (χ2v) is 3.02. The van der Waals surface area contributed by atoms with Crippen LogP contribution >= 0.6 is 0 Å². The molecule has 4 heteroatoms. The van der Waals surface area contributed by atoms with Gasteiger partial charge in [0.25, 0.3) is 0 Å². The predicted octanol–water partition coefficient (Wildman–Crippen LogP) is -1.12. The van der Waals surface area contributed by atoms with Crippen molar-refractivity contribution in [1.82, 2.24) is 0 Å². The zero-order chi connectivity index (χ0) is 8.59. The molecule has 0 saturated carbocycles. The van der Waals surface area contributed by atoms with Crippen LogP contribution in [0, 0.1) is 0 Å². The van der Waals surface area contributed by atoms with Crippen molar-refractivity contribution in [3.63, 3.8) is 0 Å². The SMILES string of the molecule is CC1O[C@H](C)C(O)[C@H](O)[C@H]1O. The minimum Gasteiger partial charge on any atom is -0.388 e. The summed E-state index contributed by atoms with van der Waals surface area (Å²) in [6.45, 7) is 3.33. The van der Waals surface area contributed by atoms with Gasteiger partial charge in [-0.1, -0.05) is 0 Å². The third kappa shape index (κ3) is 1.54. The van der Waals surface area contributed by atoms with Crippen LogP contribution in [-0.2, 0) is 4.74 Å². The van der Waals surface area contributed by atoms with E-state index in [1.165, 1.54) is 0 Å². The molecule has 1 aliphatic heterocycles. The topological polar surface area (TPSA) is 69.9 Å². The number of aliphatic hydroxyl groups excluding tert-OH is 3. The number of hydrogen-bond acceptors (Lipinski definition) is 4. The summed E-state index contributed by atoms with van der Waals surface area (Å²) < 4.78 is 5.12. The molecule has 0 aromatic heterocycles. The number of rotatable bonds is 0. The van der Waals surface area contributed by atoms with E-state index in [-0.39, 0.29) is 0 Å². The smallest absolute Gasteiger partial charge is 0.111 e. The largest absolute Gasteiger partial charge is 0.388 e. The summed E-state index contributed by atoms with van der Waals surface area (Å²) in [7, 11) is 0. The number of hydrogen-bond donors (Lipinski definition) is 3. The zero-order valence-corrected chi connectivity index (χ0v) is 6.64. The lowest BCUT2D eigenvalue weighted by Gasteiger charge is -2.37. The lowest BCUT2D eigenvalue weighted by Crippen LogP contribution is -2.55. The van der Waals surface area contributed by atoms with E-state index in [2.05, 4.69) is 0 Å². The molecular weight excluding hydrogens is 148 g/mol. The van der Waals surface area contributed by atoms with E-state index in [4.69, 9.17) is 4.74 Å². The van der Waals surface area contributed by atoms with Crippen LogP contribution < -0.4 is 0 Å². The minimum absolute atomic E-state index is 0.414. The highest BCUT2D eigenvalue weighted by Crippen LogP contribution is 2.19. The summed E-state index contributed by atoms with van der Waals surface area (Å²) in [4.78, 5) is 0. The van der Waals surface area contributed by atoms with Gasteiger partial charge in [0, 0.05) is 0 Å². The molecule has 0 amide bonds. The lowest BCUT2D eigenvalue weighted by molar-refractivity contribution is -0.211. The van der Waals surface area contributed by atoms with Gasteiger partial charge in [0.1, 0.15) is 18.3 Å². The van der Waals surface area contributed by atoms with Crippen molar-refractivity contribution in [2.24, 2.45) is 0 Å². The van der Waals surface area contributed by atoms with Crippen LogP contribution in [0.4, 0.5) is 0 Å². The number of ether oxygens (including phenoxy) is 1. The standard InChI is InChI=1S/C7H14O4/c1-3-5(8)7(10)6(9)4(2)11-3/h3-10H,1-2H3/t3-,4?,5?,6+,7+/m1/s1. The van der Waals surface area contributed by atoms with Crippen molar-refractivity contribution in [1.29, 1.82) is 0 Å². The van der Waals surface area contributed by atoms with Crippen LogP contribution in [0.15, 0.2) is 0 Å². The molecular formula is C7H14O4. The molecule has 2 unspecified atom stereocenters. The summed E-state index contributed by atoms with van der Waals surface area (Å²) in [5.41, 5.74) is 0. The second-order valence-electron chi connectivity index (χ2n) is 3.02. The van der Waals surface area contributed by atoms with Crippen LogP contribution in [0.3, 0.4) is 0 Å². The van der Waals surface area contributed by atoms with Gasteiger partial charge in [-0.05, 0) is 13.8 Å². The van der Waals surface area contributed by atoms with E-state index in [1.807, 2.05) is 0 Å². The Bertz CT molecular complexity index is 124. The Morgan fingerprint density at radius 1 is 0.818 bits per heavy atom.